The molecule has 1 rings (SSSR count). The Bertz CT molecular complexity index is 315. The van der Waals surface area contributed by atoms with Gasteiger partial charge in [-0.15, -0.1) is 5.10 Å². The zero-order valence-electron chi connectivity index (χ0n) is 11.6. The molecule has 0 aliphatic heterocycles. The topological polar surface area (TPSA) is 61.2 Å². The lowest BCUT2D eigenvalue weighted by Gasteiger charge is -2.04. The van der Waals surface area contributed by atoms with Crippen molar-refractivity contribution in [1.82, 2.24) is 20.3 Å². The normalized spacial score (nSPS) is 11.3. The van der Waals surface area contributed by atoms with Crippen molar-refractivity contribution in [2.75, 3.05) is 26.4 Å². The van der Waals surface area contributed by atoms with E-state index in [1.807, 2.05) is 13.1 Å². The second-order valence-electron chi connectivity index (χ2n) is 4.32. The average Bonchev–Trinajstić information content (AvgIpc) is 2.79. The molecule has 0 fully saturated rings. The van der Waals surface area contributed by atoms with E-state index in [1.54, 1.807) is 4.68 Å². The van der Waals surface area contributed by atoms with Crippen LogP contribution in [0, 0.1) is 0 Å². The minimum absolute atomic E-state index is 0.456. The highest BCUT2D eigenvalue weighted by molar-refractivity contribution is 4.91. The van der Waals surface area contributed by atoms with E-state index in [9.17, 15) is 0 Å². The lowest BCUT2D eigenvalue weighted by Crippen LogP contribution is -2.21. The van der Waals surface area contributed by atoms with Crippen LogP contribution in [-0.4, -0.2) is 47.5 Å². The first kappa shape index (κ1) is 15.1. The molecule has 0 aliphatic rings. The third-order valence-electron chi connectivity index (χ3n) is 2.32. The fourth-order valence-corrected chi connectivity index (χ4v) is 1.36. The van der Waals surface area contributed by atoms with Crippen molar-refractivity contribution in [2.45, 2.75) is 39.9 Å². The van der Waals surface area contributed by atoms with E-state index >= 15 is 0 Å². The van der Waals surface area contributed by atoms with Crippen molar-refractivity contribution in [3.05, 3.63) is 11.9 Å². The van der Waals surface area contributed by atoms with Crippen LogP contribution >= 0.6 is 0 Å². The van der Waals surface area contributed by atoms with Crippen LogP contribution in [0.5, 0.6) is 0 Å². The third-order valence-corrected chi connectivity index (χ3v) is 2.32. The standard InChI is InChI=1S/C12H24N4O2/c1-4-17-7-8-18-6-5-16-10-12(14-15-16)9-13-11(2)3/h10-11,13H,4-9H2,1-3H3. The summed E-state index contributed by atoms with van der Waals surface area (Å²) in [7, 11) is 0. The quantitative estimate of drug-likeness (QED) is 0.628. The molecule has 104 valence electrons. The Morgan fingerprint density at radius 2 is 2.06 bits per heavy atom. The van der Waals surface area contributed by atoms with Crippen molar-refractivity contribution in [1.29, 1.82) is 0 Å². The van der Waals surface area contributed by atoms with E-state index in [2.05, 4.69) is 29.5 Å². The van der Waals surface area contributed by atoms with E-state index in [0.717, 1.165) is 25.4 Å². The molecule has 1 aromatic heterocycles. The van der Waals surface area contributed by atoms with Crippen molar-refractivity contribution in [3.63, 3.8) is 0 Å². The molecule has 0 unspecified atom stereocenters. The highest BCUT2D eigenvalue weighted by Crippen LogP contribution is 1.94. The summed E-state index contributed by atoms with van der Waals surface area (Å²) in [5.74, 6) is 0. The highest BCUT2D eigenvalue weighted by Gasteiger charge is 2.01. The molecule has 0 aromatic carbocycles. The summed E-state index contributed by atoms with van der Waals surface area (Å²) in [6, 6.07) is 0.456. The second-order valence-corrected chi connectivity index (χ2v) is 4.32. The molecule has 6 heteroatoms. The molecule has 0 saturated carbocycles. The molecular formula is C12H24N4O2. The highest BCUT2D eigenvalue weighted by atomic mass is 16.5. The second kappa shape index (κ2) is 9.02. The van der Waals surface area contributed by atoms with Gasteiger partial charge in [0.15, 0.2) is 0 Å². The van der Waals surface area contributed by atoms with Gasteiger partial charge in [0.05, 0.1) is 32.1 Å². The molecular weight excluding hydrogens is 232 g/mol. The van der Waals surface area contributed by atoms with Crippen LogP contribution < -0.4 is 5.32 Å². The molecule has 0 radical (unpaired) electrons. The number of hydrogen-bond acceptors (Lipinski definition) is 5. The van der Waals surface area contributed by atoms with Crippen LogP contribution in [0.3, 0.4) is 0 Å². The molecule has 0 amide bonds. The van der Waals surface area contributed by atoms with Crippen molar-refractivity contribution in [3.8, 4) is 0 Å². The van der Waals surface area contributed by atoms with E-state index in [-0.39, 0.29) is 0 Å². The number of nitrogens with zero attached hydrogens (tertiary/aromatic N) is 3. The molecule has 1 heterocycles. The molecule has 1 aromatic rings. The van der Waals surface area contributed by atoms with Gasteiger partial charge in [-0.2, -0.15) is 0 Å². The predicted molar refractivity (Wildman–Crippen MR) is 69.3 cm³/mol. The summed E-state index contributed by atoms with van der Waals surface area (Å²) < 4.78 is 12.4. The number of nitrogens with one attached hydrogen (secondary N) is 1. The fourth-order valence-electron chi connectivity index (χ4n) is 1.36. The van der Waals surface area contributed by atoms with Crippen LogP contribution in [0.4, 0.5) is 0 Å². The maximum atomic E-state index is 5.42. The van der Waals surface area contributed by atoms with Gasteiger partial charge in [-0.3, -0.25) is 0 Å². The van der Waals surface area contributed by atoms with E-state index in [1.165, 1.54) is 0 Å². The average molecular weight is 256 g/mol. The number of aromatic nitrogens is 3. The predicted octanol–water partition coefficient (Wildman–Crippen LogP) is 0.829. The van der Waals surface area contributed by atoms with Gasteiger partial charge >= 0.3 is 0 Å². The summed E-state index contributed by atoms with van der Waals surface area (Å²) in [6.45, 7) is 10.3. The monoisotopic (exact) mass is 256 g/mol. The smallest absolute Gasteiger partial charge is 0.0964 e. The minimum atomic E-state index is 0.456. The SMILES string of the molecule is CCOCCOCCn1cc(CNC(C)C)nn1. The van der Waals surface area contributed by atoms with Crippen LogP contribution in [0.2, 0.25) is 0 Å². The first-order chi connectivity index (χ1) is 8.72. The van der Waals surface area contributed by atoms with Crippen molar-refractivity contribution < 1.29 is 9.47 Å². The van der Waals surface area contributed by atoms with Gasteiger partial charge in [0.2, 0.25) is 0 Å². The molecule has 1 N–H and O–H groups in total. The van der Waals surface area contributed by atoms with Crippen LogP contribution in [0.15, 0.2) is 6.20 Å². The van der Waals surface area contributed by atoms with Gasteiger partial charge in [-0.25, -0.2) is 4.68 Å². The summed E-state index contributed by atoms with van der Waals surface area (Å²) >= 11 is 0. The summed E-state index contributed by atoms with van der Waals surface area (Å²) in [5, 5.41) is 11.4. The van der Waals surface area contributed by atoms with Crippen LogP contribution in [-0.2, 0) is 22.6 Å². The van der Waals surface area contributed by atoms with Crippen LogP contribution in [0.1, 0.15) is 26.5 Å². The Morgan fingerprint density at radius 1 is 1.28 bits per heavy atom. The van der Waals surface area contributed by atoms with Crippen molar-refractivity contribution in [2.24, 2.45) is 0 Å². The van der Waals surface area contributed by atoms with Crippen LogP contribution in [0.25, 0.3) is 0 Å². The zero-order valence-corrected chi connectivity index (χ0v) is 11.6. The van der Waals surface area contributed by atoms with Gasteiger partial charge in [0.25, 0.3) is 0 Å². The Morgan fingerprint density at radius 3 is 2.78 bits per heavy atom. The molecule has 18 heavy (non-hydrogen) atoms. The zero-order chi connectivity index (χ0) is 13.2. The largest absolute Gasteiger partial charge is 0.379 e. The number of hydrogen-bond donors (Lipinski definition) is 1. The molecule has 0 aliphatic carbocycles. The minimum Gasteiger partial charge on any atom is -0.379 e. The third kappa shape index (κ3) is 6.68. The first-order valence-corrected chi connectivity index (χ1v) is 6.50. The van der Waals surface area contributed by atoms with E-state index in [4.69, 9.17) is 9.47 Å². The summed E-state index contributed by atoms with van der Waals surface area (Å²) in [5.41, 5.74) is 0.956. The van der Waals surface area contributed by atoms with Crippen molar-refractivity contribution >= 4 is 0 Å². The molecule has 6 nitrogen and oxygen atoms in total. The Kier molecular flexibility index (Phi) is 7.55. The molecule has 0 atom stereocenters. The fraction of sp³-hybridized carbons (Fsp3) is 0.833. The van der Waals surface area contributed by atoms with Gasteiger partial charge in [-0.1, -0.05) is 19.1 Å². The lowest BCUT2D eigenvalue weighted by molar-refractivity contribution is 0.0486. The van der Waals surface area contributed by atoms with Gasteiger partial charge < -0.3 is 14.8 Å². The molecule has 0 spiro atoms. The Balaban J connectivity index is 2.11. The van der Waals surface area contributed by atoms with E-state index in [0.29, 0.717) is 25.9 Å². The van der Waals surface area contributed by atoms with Gasteiger partial charge in [0, 0.05) is 25.4 Å². The number of rotatable bonds is 10. The first-order valence-electron chi connectivity index (χ1n) is 6.50. The molecule has 0 saturated heterocycles. The van der Waals surface area contributed by atoms with Gasteiger partial charge in [0.1, 0.15) is 0 Å². The molecule has 0 bridgehead atoms. The van der Waals surface area contributed by atoms with Gasteiger partial charge in [-0.05, 0) is 6.92 Å². The Labute approximate surface area is 109 Å². The Hall–Kier alpha value is -0.980. The number of ether oxygens (including phenoxy) is 2. The summed E-state index contributed by atoms with van der Waals surface area (Å²) in [4.78, 5) is 0. The lowest BCUT2D eigenvalue weighted by atomic mass is 10.3. The summed E-state index contributed by atoms with van der Waals surface area (Å²) in [6.07, 6.45) is 1.95. The maximum absolute atomic E-state index is 5.42. The maximum Gasteiger partial charge on any atom is 0.0964 e. The van der Waals surface area contributed by atoms with E-state index < -0.39 is 0 Å².